The highest BCUT2D eigenvalue weighted by Crippen LogP contribution is 2.32. The third-order valence-electron chi connectivity index (χ3n) is 5.45. The van der Waals surface area contributed by atoms with E-state index in [9.17, 15) is 0 Å². The molecule has 2 aliphatic rings. The Hall–Kier alpha value is -0.0800. The molecule has 0 spiro atoms. The molecule has 118 valence electrons. The summed E-state index contributed by atoms with van der Waals surface area (Å²) >= 11 is 0. The molecule has 3 N–H and O–H groups in total. The Bertz CT molecular complexity index is 236. The first kappa shape index (κ1) is 16.3. The summed E-state index contributed by atoms with van der Waals surface area (Å²) in [5, 5.41) is 3.88. The van der Waals surface area contributed by atoms with Gasteiger partial charge in [0.25, 0.3) is 0 Å². The van der Waals surface area contributed by atoms with Crippen LogP contribution in [-0.4, -0.2) is 18.6 Å². The van der Waals surface area contributed by atoms with E-state index in [4.69, 9.17) is 5.73 Å². The summed E-state index contributed by atoms with van der Waals surface area (Å²) < 4.78 is 0. The van der Waals surface area contributed by atoms with Crippen LogP contribution in [0.4, 0.5) is 0 Å². The van der Waals surface area contributed by atoms with Crippen molar-refractivity contribution < 1.29 is 0 Å². The van der Waals surface area contributed by atoms with Crippen LogP contribution in [0.2, 0.25) is 0 Å². The number of rotatable bonds is 5. The van der Waals surface area contributed by atoms with E-state index >= 15 is 0 Å². The van der Waals surface area contributed by atoms with Crippen LogP contribution in [0.3, 0.4) is 0 Å². The van der Waals surface area contributed by atoms with Crippen molar-refractivity contribution in [3.05, 3.63) is 0 Å². The van der Waals surface area contributed by atoms with Gasteiger partial charge in [0.1, 0.15) is 0 Å². The van der Waals surface area contributed by atoms with Crippen molar-refractivity contribution >= 4 is 0 Å². The van der Waals surface area contributed by atoms with Gasteiger partial charge >= 0.3 is 0 Å². The summed E-state index contributed by atoms with van der Waals surface area (Å²) in [5.74, 6) is 1.03. The molecule has 20 heavy (non-hydrogen) atoms. The van der Waals surface area contributed by atoms with Crippen LogP contribution in [0, 0.1) is 5.92 Å². The van der Waals surface area contributed by atoms with Gasteiger partial charge in [0.2, 0.25) is 0 Å². The Morgan fingerprint density at radius 3 is 1.75 bits per heavy atom. The van der Waals surface area contributed by atoms with Gasteiger partial charge in [0.15, 0.2) is 0 Å². The maximum absolute atomic E-state index is 6.19. The van der Waals surface area contributed by atoms with Gasteiger partial charge in [0, 0.05) is 12.1 Å². The molecule has 0 aromatic rings. The van der Waals surface area contributed by atoms with Crippen LogP contribution in [0.15, 0.2) is 0 Å². The van der Waals surface area contributed by atoms with Crippen LogP contribution >= 0.6 is 0 Å². The van der Waals surface area contributed by atoms with Gasteiger partial charge < -0.3 is 11.1 Å². The highest BCUT2D eigenvalue weighted by molar-refractivity contribution is 4.90. The fraction of sp³-hybridized carbons (Fsp3) is 1.00. The largest absolute Gasteiger partial charge is 0.329 e. The topological polar surface area (TPSA) is 38.0 Å². The van der Waals surface area contributed by atoms with Gasteiger partial charge in [-0.25, -0.2) is 0 Å². The molecule has 0 aliphatic heterocycles. The molecule has 0 aromatic carbocycles. The summed E-state index contributed by atoms with van der Waals surface area (Å²) in [6.45, 7) is 2.03. The normalized spacial score (nSPS) is 25.6. The molecular weight excluding hydrogens is 244 g/mol. The van der Waals surface area contributed by atoms with E-state index in [-0.39, 0.29) is 5.54 Å². The van der Waals surface area contributed by atoms with Gasteiger partial charge in [-0.15, -0.1) is 0 Å². The van der Waals surface area contributed by atoms with Crippen LogP contribution in [0.5, 0.6) is 0 Å². The molecule has 2 saturated carbocycles. The zero-order valence-electron chi connectivity index (χ0n) is 13.5. The molecule has 0 unspecified atom stereocenters. The summed E-state index contributed by atoms with van der Waals surface area (Å²) in [6, 6.07) is 0. The van der Waals surface area contributed by atoms with E-state index in [2.05, 4.69) is 5.32 Å². The van der Waals surface area contributed by atoms with Crippen molar-refractivity contribution in [2.75, 3.05) is 13.1 Å². The predicted molar refractivity (Wildman–Crippen MR) is 87.9 cm³/mol. The Balaban J connectivity index is 1.78. The standard InChI is InChI=1S/C18H36N2/c19-16-18(20-15-12-17-10-11-17)13-8-6-4-2-1-3-5-7-9-14-18/h17,20H,1-16,19H2. The molecule has 0 aromatic heterocycles. The number of hydrogen-bond acceptors (Lipinski definition) is 2. The molecule has 0 radical (unpaired) electrons. The first-order valence-electron chi connectivity index (χ1n) is 9.30. The van der Waals surface area contributed by atoms with Gasteiger partial charge in [-0.1, -0.05) is 70.6 Å². The Morgan fingerprint density at radius 2 is 1.30 bits per heavy atom. The lowest BCUT2D eigenvalue weighted by Crippen LogP contribution is -2.51. The van der Waals surface area contributed by atoms with Gasteiger partial charge in [-0.3, -0.25) is 0 Å². The fourth-order valence-electron chi connectivity index (χ4n) is 3.69. The SMILES string of the molecule is NCC1(NCCC2CC2)CCCCCCCCCCC1. The van der Waals surface area contributed by atoms with Crippen molar-refractivity contribution in [1.29, 1.82) is 0 Å². The highest BCUT2D eigenvalue weighted by Gasteiger charge is 2.28. The van der Waals surface area contributed by atoms with Crippen molar-refractivity contribution in [2.45, 2.75) is 95.4 Å². The van der Waals surface area contributed by atoms with E-state index in [1.165, 1.54) is 96.4 Å². The lowest BCUT2D eigenvalue weighted by Gasteiger charge is -2.35. The zero-order valence-corrected chi connectivity index (χ0v) is 13.5. The Labute approximate surface area is 126 Å². The third kappa shape index (κ3) is 6.13. The maximum Gasteiger partial charge on any atom is 0.0304 e. The molecule has 2 rings (SSSR count). The number of nitrogens with one attached hydrogen (secondary N) is 1. The molecular formula is C18H36N2. The minimum absolute atomic E-state index is 0.258. The molecule has 0 amide bonds. The van der Waals surface area contributed by atoms with E-state index in [0.29, 0.717) is 0 Å². The summed E-state index contributed by atoms with van der Waals surface area (Å²) in [6.07, 6.45) is 19.7. The second-order valence-electron chi connectivity index (χ2n) is 7.33. The zero-order chi connectivity index (χ0) is 14.1. The Kier molecular flexibility index (Phi) is 7.37. The Morgan fingerprint density at radius 1 is 0.800 bits per heavy atom. The van der Waals surface area contributed by atoms with Crippen molar-refractivity contribution in [3.8, 4) is 0 Å². The van der Waals surface area contributed by atoms with Crippen molar-refractivity contribution in [2.24, 2.45) is 11.7 Å². The van der Waals surface area contributed by atoms with Crippen LogP contribution in [0.1, 0.15) is 89.9 Å². The molecule has 2 heteroatoms. The van der Waals surface area contributed by atoms with E-state index in [1.54, 1.807) is 0 Å². The first-order valence-corrected chi connectivity index (χ1v) is 9.30. The molecule has 0 bridgehead atoms. The van der Waals surface area contributed by atoms with Crippen molar-refractivity contribution in [3.63, 3.8) is 0 Å². The van der Waals surface area contributed by atoms with E-state index < -0.39 is 0 Å². The molecule has 2 aliphatic carbocycles. The third-order valence-corrected chi connectivity index (χ3v) is 5.45. The fourth-order valence-corrected chi connectivity index (χ4v) is 3.69. The number of hydrogen-bond donors (Lipinski definition) is 2. The lowest BCUT2D eigenvalue weighted by atomic mass is 9.85. The minimum Gasteiger partial charge on any atom is -0.329 e. The molecule has 2 fully saturated rings. The minimum atomic E-state index is 0.258. The average Bonchev–Trinajstić information content (AvgIpc) is 3.26. The summed E-state index contributed by atoms with van der Waals surface area (Å²) in [5.41, 5.74) is 6.45. The van der Waals surface area contributed by atoms with Crippen LogP contribution in [-0.2, 0) is 0 Å². The van der Waals surface area contributed by atoms with Crippen molar-refractivity contribution in [1.82, 2.24) is 5.32 Å². The quantitative estimate of drug-likeness (QED) is 0.784. The highest BCUT2D eigenvalue weighted by atomic mass is 15.0. The van der Waals surface area contributed by atoms with Gasteiger partial charge in [-0.2, -0.15) is 0 Å². The van der Waals surface area contributed by atoms with Crippen LogP contribution in [0.25, 0.3) is 0 Å². The average molecular weight is 280 g/mol. The summed E-state index contributed by atoms with van der Waals surface area (Å²) in [4.78, 5) is 0. The van der Waals surface area contributed by atoms with Gasteiger partial charge in [-0.05, 0) is 31.7 Å². The molecule has 0 saturated heterocycles. The number of nitrogens with two attached hydrogens (primary N) is 1. The smallest absolute Gasteiger partial charge is 0.0304 e. The van der Waals surface area contributed by atoms with Gasteiger partial charge in [0.05, 0.1) is 0 Å². The molecule has 0 heterocycles. The first-order chi connectivity index (χ1) is 9.85. The molecule has 0 atom stereocenters. The van der Waals surface area contributed by atoms with Crippen LogP contribution < -0.4 is 11.1 Å². The second kappa shape index (κ2) is 9.04. The summed E-state index contributed by atoms with van der Waals surface area (Å²) in [7, 11) is 0. The predicted octanol–water partition coefficient (Wildman–Crippen LogP) is 4.38. The second-order valence-corrected chi connectivity index (χ2v) is 7.33. The van der Waals surface area contributed by atoms with E-state index in [1.807, 2.05) is 0 Å². The van der Waals surface area contributed by atoms with E-state index in [0.717, 1.165) is 12.5 Å². The monoisotopic (exact) mass is 280 g/mol. The maximum atomic E-state index is 6.19. The lowest BCUT2D eigenvalue weighted by molar-refractivity contribution is 0.264. The molecule has 2 nitrogen and oxygen atoms in total.